The van der Waals surface area contributed by atoms with Crippen molar-refractivity contribution in [2.75, 3.05) is 25.0 Å². The Bertz CT molecular complexity index is 698. The van der Waals surface area contributed by atoms with Crippen molar-refractivity contribution in [3.63, 3.8) is 0 Å². The fraction of sp³-hybridized carbons (Fsp3) is 0.300. The van der Waals surface area contributed by atoms with Crippen LogP contribution < -0.4 is 16.4 Å². The number of amides is 3. The summed E-state index contributed by atoms with van der Waals surface area (Å²) in [5.74, 6) is -0.144. The van der Waals surface area contributed by atoms with Crippen LogP contribution in [0.25, 0.3) is 0 Å². The Hall–Kier alpha value is -2.57. The van der Waals surface area contributed by atoms with Crippen molar-refractivity contribution in [2.45, 2.75) is 19.4 Å². The second-order valence-corrected chi connectivity index (χ2v) is 6.04. The SMILES string of the molecule is CC(NC(=O)Nc1ccccc1)C(=O)N(CCN)CCc1ccccc1.Cl. The monoisotopic (exact) mass is 390 g/mol. The zero-order valence-corrected chi connectivity index (χ0v) is 16.2. The van der Waals surface area contributed by atoms with Crippen molar-refractivity contribution in [3.8, 4) is 0 Å². The van der Waals surface area contributed by atoms with Gasteiger partial charge in [0.05, 0.1) is 0 Å². The van der Waals surface area contributed by atoms with Crippen LogP contribution in [0.1, 0.15) is 12.5 Å². The van der Waals surface area contributed by atoms with Gasteiger partial charge in [0.15, 0.2) is 0 Å². The van der Waals surface area contributed by atoms with Crippen LogP contribution in [-0.4, -0.2) is 42.5 Å². The number of hydrogen-bond donors (Lipinski definition) is 3. The van der Waals surface area contributed by atoms with Gasteiger partial charge in [0.25, 0.3) is 0 Å². The molecule has 146 valence electrons. The molecule has 2 rings (SSSR count). The maximum atomic E-state index is 12.7. The first-order valence-electron chi connectivity index (χ1n) is 8.75. The van der Waals surface area contributed by atoms with Crippen molar-refractivity contribution in [2.24, 2.45) is 5.73 Å². The molecule has 27 heavy (non-hydrogen) atoms. The number of anilines is 1. The third-order valence-corrected chi connectivity index (χ3v) is 3.97. The molecule has 0 aromatic heterocycles. The van der Waals surface area contributed by atoms with Crippen molar-refractivity contribution in [1.29, 1.82) is 0 Å². The van der Waals surface area contributed by atoms with E-state index in [9.17, 15) is 9.59 Å². The fourth-order valence-corrected chi connectivity index (χ4v) is 2.62. The number of rotatable bonds is 8. The van der Waals surface area contributed by atoms with Gasteiger partial charge in [-0.15, -0.1) is 12.4 Å². The number of para-hydroxylation sites is 1. The number of nitrogens with two attached hydrogens (primary N) is 1. The Balaban J connectivity index is 0.00000364. The molecule has 0 spiro atoms. The molecule has 1 atom stereocenters. The standard InChI is InChI=1S/C20H26N4O2.ClH/c1-16(22-20(26)23-18-10-6-3-7-11-18)19(25)24(15-13-21)14-12-17-8-4-2-5-9-17;/h2-11,16H,12-15,21H2,1H3,(H2,22,23,26);1H. The van der Waals surface area contributed by atoms with Gasteiger partial charge in [0.1, 0.15) is 6.04 Å². The number of carbonyl (C=O) groups excluding carboxylic acids is 2. The number of benzene rings is 2. The van der Waals surface area contributed by atoms with E-state index < -0.39 is 12.1 Å². The largest absolute Gasteiger partial charge is 0.339 e. The van der Waals surface area contributed by atoms with Crippen molar-refractivity contribution in [1.82, 2.24) is 10.2 Å². The second kappa shape index (κ2) is 11.9. The van der Waals surface area contributed by atoms with E-state index in [1.807, 2.05) is 48.5 Å². The normalized spacial score (nSPS) is 11.0. The molecular formula is C20H27ClN4O2. The van der Waals surface area contributed by atoms with Crippen LogP contribution >= 0.6 is 12.4 Å². The molecule has 6 nitrogen and oxygen atoms in total. The van der Waals surface area contributed by atoms with Gasteiger partial charge in [-0.25, -0.2) is 4.79 Å². The first-order valence-corrected chi connectivity index (χ1v) is 8.75. The zero-order valence-electron chi connectivity index (χ0n) is 15.4. The lowest BCUT2D eigenvalue weighted by molar-refractivity contribution is -0.132. The van der Waals surface area contributed by atoms with Gasteiger partial charge < -0.3 is 21.3 Å². The fourth-order valence-electron chi connectivity index (χ4n) is 2.62. The molecule has 0 bridgehead atoms. The predicted molar refractivity (Wildman–Crippen MR) is 111 cm³/mol. The smallest absolute Gasteiger partial charge is 0.319 e. The zero-order chi connectivity index (χ0) is 18.8. The van der Waals surface area contributed by atoms with Gasteiger partial charge in [-0.3, -0.25) is 4.79 Å². The van der Waals surface area contributed by atoms with Crippen LogP contribution in [0.4, 0.5) is 10.5 Å². The van der Waals surface area contributed by atoms with Gasteiger partial charge in [0.2, 0.25) is 5.91 Å². The summed E-state index contributed by atoms with van der Waals surface area (Å²) >= 11 is 0. The third kappa shape index (κ3) is 7.68. The minimum absolute atomic E-state index is 0. The average molecular weight is 391 g/mol. The van der Waals surface area contributed by atoms with Crippen molar-refractivity contribution < 1.29 is 9.59 Å². The molecule has 0 fully saturated rings. The highest BCUT2D eigenvalue weighted by molar-refractivity contribution is 5.93. The Morgan fingerprint density at radius 3 is 2.19 bits per heavy atom. The molecule has 0 saturated carbocycles. The van der Waals surface area contributed by atoms with Gasteiger partial charge in [-0.05, 0) is 31.0 Å². The molecule has 3 amide bonds. The van der Waals surface area contributed by atoms with E-state index in [1.165, 1.54) is 0 Å². The summed E-state index contributed by atoms with van der Waals surface area (Å²) in [4.78, 5) is 26.4. The summed E-state index contributed by atoms with van der Waals surface area (Å²) in [6.07, 6.45) is 0.746. The summed E-state index contributed by atoms with van der Waals surface area (Å²) in [7, 11) is 0. The maximum Gasteiger partial charge on any atom is 0.319 e. The number of carbonyl (C=O) groups is 2. The van der Waals surface area contributed by atoms with E-state index in [0.29, 0.717) is 25.3 Å². The Kier molecular flexibility index (Phi) is 9.93. The first-order chi connectivity index (χ1) is 12.6. The predicted octanol–water partition coefficient (Wildman–Crippen LogP) is 2.65. The van der Waals surface area contributed by atoms with Gasteiger partial charge in [0, 0.05) is 25.3 Å². The van der Waals surface area contributed by atoms with E-state index in [-0.39, 0.29) is 18.3 Å². The molecule has 4 N–H and O–H groups in total. The summed E-state index contributed by atoms with van der Waals surface area (Å²) < 4.78 is 0. The summed E-state index contributed by atoms with van der Waals surface area (Å²) in [5.41, 5.74) is 7.48. The van der Waals surface area contributed by atoms with E-state index in [4.69, 9.17) is 5.73 Å². The van der Waals surface area contributed by atoms with Gasteiger partial charge >= 0.3 is 6.03 Å². The molecular weight excluding hydrogens is 364 g/mol. The van der Waals surface area contributed by atoms with Crippen LogP contribution in [0, 0.1) is 0 Å². The maximum absolute atomic E-state index is 12.7. The summed E-state index contributed by atoms with van der Waals surface area (Å²) in [6.45, 7) is 3.08. The molecule has 0 saturated heterocycles. The quantitative estimate of drug-likeness (QED) is 0.647. The Morgan fingerprint density at radius 1 is 1.00 bits per heavy atom. The second-order valence-electron chi connectivity index (χ2n) is 6.04. The molecule has 7 heteroatoms. The molecule has 1 unspecified atom stereocenters. The average Bonchev–Trinajstić information content (AvgIpc) is 2.66. The third-order valence-electron chi connectivity index (χ3n) is 3.97. The highest BCUT2D eigenvalue weighted by atomic mass is 35.5. The lowest BCUT2D eigenvalue weighted by Crippen LogP contribution is -2.49. The van der Waals surface area contributed by atoms with Gasteiger partial charge in [-0.2, -0.15) is 0 Å². The molecule has 2 aromatic rings. The highest BCUT2D eigenvalue weighted by Crippen LogP contribution is 2.06. The van der Waals surface area contributed by atoms with E-state index in [0.717, 1.165) is 12.0 Å². The Morgan fingerprint density at radius 2 is 1.59 bits per heavy atom. The van der Waals surface area contributed by atoms with Crippen LogP contribution in [-0.2, 0) is 11.2 Å². The lowest BCUT2D eigenvalue weighted by atomic mass is 10.1. The number of hydrogen-bond acceptors (Lipinski definition) is 3. The van der Waals surface area contributed by atoms with Crippen molar-refractivity contribution in [3.05, 3.63) is 66.2 Å². The molecule has 0 heterocycles. The molecule has 0 radical (unpaired) electrons. The lowest BCUT2D eigenvalue weighted by Gasteiger charge is -2.26. The summed E-state index contributed by atoms with van der Waals surface area (Å²) in [5, 5.41) is 5.39. The van der Waals surface area contributed by atoms with Crippen LogP contribution in [0.2, 0.25) is 0 Å². The van der Waals surface area contributed by atoms with E-state index in [1.54, 1.807) is 24.0 Å². The number of nitrogens with one attached hydrogen (secondary N) is 2. The number of nitrogens with zero attached hydrogens (tertiary/aromatic N) is 1. The number of urea groups is 1. The minimum atomic E-state index is -0.638. The van der Waals surface area contributed by atoms with Crippen molar-refractivity contribution >= 4 is 30.0 Å². The van der Waals surface area contributed by atoms with Crippen LogP contribution in [0.5, 0.6) is 0 Å². The van der Waals surface area contributed by atoms with E-state index >= 15 is 0 Å². The molecule has 0 aliphatic rings. The summed E-state index contributed by atoms with van der Waals surface area (Å²) in [6, 6.07) is 18.0. The van der Waals surface area contributed by atoms with Crippen LogP contribution in [0.3, 0.4) is 0 Å². The van der Waals surface area contributed by atoms with Gasteiger partial charge in [-0.1, -0.05) is 48.5 Å². The molecule has 0 aliphatic heterocycles. The topological polar surface area (TPSA) is 87.5 Å². The highest BCUT2D eigenvalue weighted by Gasteiger charge is 2.21. The van der Waals surface area contributed by atoms with Crippen LogP contribution in [0.15, 0.2) is 60.7 Å². The first kappa shape index (κ1) is 22.5. The minimum Gasteiger partial charge on any atom is -0.339 e. The molecule has 2 aromatic carbocycles. The Labute approximate surface area is 166 Å². The number of halogens is 1. The molecule has 0 aliphatic carbocycles. The van der Waals surface area contributed by atoms with E-state index in [2.05, 4.69) is 10.6 Å².